The van der Waals surface area contributed by atoms with E-state index in [2.05, 4.69) is 5.10 Å². The van der Waals surface area contributed by atoms with Crippen molar-refractivity contribution in [2.45, 2.75) is 25.5 Å². The van der Waals surface area contributed by atoms with E-state index in [1.165, 1.54) is 0 Å². The van der Waals surface area contributed by atoms with Crippen LogP contribution in [0, 0.1) is 0 Å². The Balaban J connectivity index is 2.31. The number of aromatic nitrogens is 2. The van der Waals surface area contributed by atoms with Gasteiger partial charge < -0.3 is 10.5 Å². The maximum Gasteiger partial charge on any atom is 0.142 e. The lowest BCUT2D eigenvalue weighted by molar-refractivity contribution is 0.171. The van der Waals surface area contributed by atoms with Crippen molar-refractivity contribution in [2.75, 3.05) is 0 Å². The summed E-state index contributed by atoms with van der Waals surface area (Å²) in [6, 6.07) is 5.13. The summed E-state index contributed by atoms with van der Waals surface area (Å²) in [5, 5.41) is 5.01. The summed E-state index contributed by atoms with van der Waals surface area (Å²) in [4.78, 5) is 0. The molecule has 2 aromatic rings. The molecule has 0 spiro atoms. The quantitative estimate of drug-likeness (QED) is 0.917. The number of nitrogens with two attached hydrogens (primary N) is 1. The zero-order chi connectivity index (χ0) is 14.7. The first kappa shape index (κ1) is 15.2. The van der Waals surface area contributed by atoms with Crippen LogP contribution in [-0.4, -0.2) is 15.8 Å². The van der Waals surface area contributed by atoms with Crippen LogP contribution in [0.25, 0.3) is 0 Å². The molecule has 0 saturated carbocycles. The van der Waals surface area contributed by atoms with Crippen molar-refractivity contribution in [3.8, 4) is 5.75 Å². The van der Waals surface area contributed by atoms with Crippen LogP contribution < -0.4 is 10.5 Å². The molecule has 1 aromatic heterocycles. The molecule has 4 nitrogen and oxygen atoms in total. The lowest BCUT2D eigenvalue weighted by Crippen LogP contribution is -2.31. The first-order chi connectivity index (χ1) is 9.52. The number of rotatable bonds is 5. The topological polar surface area (TPSA) is 53.1 Å². The Morgan fingerprint density at radius 1 is 1.40 bits per heavy atom. The Bertz CT molecular complexity index is 586. The molecule has 20 heavy (non-hydrogen) atoms. The molecule has 0 aliphatic carbocycles. The summed E-state index contributed by atoms with van der Waals surface area (Å²) < 4.78 is 7.70. The smallest absolute Gasteiger partial charge is 0.142 e. The molecule has 0 saturated heterocycles. The molecular formula is C14H17Cl2N3O. The highest BCUT2D eigenvalue weighted by Crippen LogP contribution is 2.35. The molecule has 2 unspecified atom stereocenters. The average Bonchev–Trinajstić information content (AvgIpc) is 2.86. The van der Waals surface area contributed by atoms with E-state index in [1.54, 1.807) is 29.1 Å². The monoisotopic (exact) mass is 313 g/mol. The Hall–Kier alpha value is -1.23. The van der Waals surface area contributed by atoms with E-state index in [4.69, 9.17) is 33.7 Å². The van der Waals surface area contributed by atoms with E-state index in [0.717, 1.165) is 12.0 Å². The summed E-state index contributed by atoms with van der Waals surface area (Å²) in [5.74, 6) is 0.525. The molecule has 2 rings (SSSR count). The number of hydrogen-bond donors (Lipinski definition) is 1. The standard InChI is InChI=1S/C14H17Cl2N3O/c1-3-11(17)14(9-7-18-19(2)8-9)20-12-6-4-5-10(15)13(12)16/h4-8,11,14H,3,17H2,1-2H3. The van der Waals surface area contributed by atoms with Gasteiger partial charge in [-0.05, 0) is 18.6 Å². The highest BCUT2D eigenvalue weighted by atomic mass is 35.5. The van der Waals surface area contributed by atoms with Gasteiger partial charge in [-0.25, -0.2) is 0 Å². The van der Waals surface area contributed by atoms with Crippen LogP contribution in [0.2, 0.25) is 10.0 Å². The highest BCUT2D eigenvalue weighted by Gasteiger charge is 2.23. The molecule has 1 heterocycles. The highest BCUT2D eigenvalue weighted by molar-refractivity contribution is 6.42. The Morgan fingerprint density at radius 2 is 2.15 bits per heavy atom. The Kier molecular flexibility index (Phi) is 4.91. The van der Waals surface area contributed by atoms with Gasteiger partial charge in [-0.1, -0.05) is 36.2 Å². The third-order valence-electron chi connectivity index (χ3n) is 3.08. The second-order valence-corrected chi connectivity index (χ2v) is 5.40. The van der Waals surface area contributed by atoms with Gasteiger partial charge in [0.1, 0.15) is 16.9 Å². The number of benzene rings is 1. The number of ether oxygens (including phenoxy) is 1. The van der Waals surface area contributed by atoms with E-state index >= 15 is 0 Å². The predicted octanol–water partition coefficient (Wildman–Crippen LogP) is 3.58. The van der Waals surface area contributed by atoms with E-state index in [1.807, 2.05) is 20.2 Å². The van der Waals surface area contributed by atoms with Gasteiger partial charge in [0, 0.05) is 24.8 Å². The van der Waals surface area contributed by atoms with Crippen LogP contribution >= 0.6 is 23.2 Å². The van der Waals surface area contributed by atoms with E-state index in [9.17, 15) is 0 Å². The summed E-state index contributed by atoms with van der Waals surface area (Å²) in [6.45, 7) is 2.01. The van der Waals surface area contributed by atoms with Crippen molar-refractivity contribution in [3.63, 3.8) is 0 Å². The maximum absolute atomic E-state index is 6.16. The second kappa shape index (κ2) is 6.48. The van der Waals surface area contributed by atoms with Gasteiger partial charge >= 0.3 is 0 Å². The summed E-state index contributed by atoms with van der Waals surface area (Å²) in [5.41, 5.74) is 7.07. The SMILES string of the molecule is CCC(N)C(Oc1cccc(Cl)c1Cl)c1cnn(C)c1. The number of halogens is 2. The lowest BCUT2D eigenvalue weighted by atomic mass is 10.0. The lowest BCUT2D eigenvalue weighted by Gasteiger charge is -2.24. The van der Waals surface area contributed by atoms with Gasteiger partial charge in [-0.15, -0.1) is 0 Å². The average molecular weight is 314 g/mol. The molecule has 0 amide bonds. The first-order valence-electron chi connectivity index (χ1n) is 6.37. The van der Waals surface area contributed by atoms with Crippen molar-refractivity contribution in [2.24, 2.45) is 12.8 Å². The molecule has 1 aromatic carbocycles. The summed E-state index contributed by atoms with van der Waals surface area (Å²) in [6.07, 6.45) is 4.10. The van der Waals surface area contributed by atoms with Crippen molar-refractivity contribution >= 4 is 23.2 Å². The van der Waals surface area contributed by atoms with Gasteiger partial charge in [0.15, 0.2) is 0 Å². The minimum atomic E-state index is -0.315. The van der Waals surface area contributed by atoms with Gasteiger partial charge in [0.2, 0.25) is 0 Å². The Morgan fingerprint density at radius 3 is 2.75 bits per heavy atom. The molecule has 0 aliphatic rings. The molecule has 0 bridgehead atoms. The van der Waals surface area contributed by atoms with Crippen molar-refractivity contribution in [1.29, 1.82) is 0 Å². The zero-order valence-corrected chi connectivity index (χ0v) is 12.9. The van der Waals surface area contributed by atoms with Crippen LogP contribution in [0.3, 0.4) is 0 Å². The van der Waals surface area contributed by atoms with Crippen LogP contribution in [0.5, 0.6) is 5.75 Å². The number of aryl methyl sites for hydroxylation is 1. The van der Waals surface area contributed by atoms with Gasteiger partial charge in [0.25, 0.3) is 0 Å². The van der Waals surface area contributed by atoms with Crippen molar-refractivity contribution in [3.05, 3.63) is 46.2 Å². The summed E-state index contributed by atoms with van der Waals surface area (Å²) >= 11 is 12.2. The van der Waals surface area contributed by atoms with Crippen LogP contribution in [0.1, 0.15) is 25.0 Å². The van der Waals surface area contributed by atoms with Crippen LogP contribution in [-0.2, 0) is 7.05 Å². The fourth-order valence-electron chi connectivity index (χ4n) is 1.92. The van der Waals surface area contributed by atoms with E-state index in [-0.39, 0.29) is 12.1 Å². The van der Waals surface area contributed by atoms with Gasteiger partial charge in [-0.3, -0.25) is 4.68 Å². The zero-order valence-electron chi connectivity index (χ0n) is 11.4. The largest absolute Gasteiger partial charge is 0.482 e. The minimum absolute atomic E-state index is 0.158. The second-order valence-electron chi connectivity index (χ2n) is 4.61. The molecule has 2 atom stereocenters. The molecule has 6 heteroatoms. The third-order valence-corrected chi connectivity index (χ3v) is 3.89. The molecular weight excluding hydrogens is 297 g/mol. The van der Waals surface area contributed by atoms with Crippen molar-refractivity contribution < 1.29 is 4.74 Å². The first-order valence-corrected chi connectivity index (χ1v) is 7.13. The molecule has 0 fully saturated rings. The van der Waals surface area contributed by atoms with Crippen molar-refractivity contribution in [1.82, 2.24) is 9.78 Å². The minimum Gasteiger partial charge on any atom is -0.482 e. The molecule has 2 N–H and O–H groups in total. The summed E-state index contributed by atoms with van der Waals surface area (Å²) in [7, 11) is 1.85. The van der Waals surface area contributed by atoms with E-state index in [0.29, 0.717) is 15.8 Å². The molecule has 0 aliphatic heterocycles. The molecule has 108 valence electrons. The Labute approximate surface area is 128 Å². The maximum atomic E-state index is 6.16. The van der Waals surface area contributed by atoms with Gasteiger partial charge in [0.05, 0.1) is 11.2 Å². The normalized spacial score (nSPS) is 14.1. The fourth-order valence-corrected chi connectivity index (χ4v) is 2.25. The molecule has 0 radical (unpaired) electrons. The van der Waals surface area contributed by atoms with Crippen LogP contribution in [0.4, 0.5) is 0 Å². The predicted molar refractivity (Wildman–Crippen MR) is 81.3 cm³/mol. The third kappa shape index (κ3) is 3.26. The van der Waals surface area contributed by atoms with Gasteiger partial charge in [-0.2, -0.15) is 5.10 Å². The number of nitrogens with zero attached hydrogens (tertiary/aromatic N) is 2. The number of hydrogen-bond acceptors (Lipinski definition) is 3. The fraction of sp³-hybridized carbons (Fsp3) is 0.357. The van der Waals surface area contributed by atoms with Crippen LogP contribution in [0.15, 0.2) is 30.6 Å². The van der Waals surface area contributed by atoms with E-state index < -0.39 is 0 Å².